The molecule has 6 heteroatoms. The lowest BCUT2D eigenvalue weighted by atomic mass is 10.0. The number of carbonyl (C=O) groups excluding carboxylic acids is 1. The summed E-state index contributed by atoms with van der Waals surface area (Å²) < 4.78 is 4.94. The van der Waals surface area contributed by atoms with E-state index in [4.69, 9.17) is 4.74 Å². The lowest BCUT2D eigenvalue weighted by Crippen LogP contribution is -2.41. The molecule has 0 aromatic heterocycles. The minimum atomic E-state index is -0.370. The standard InChI is InChI=1S/C15H32N4O2/c1-6-9-17-14(16-7-2)18-11-13(10-12(4)5)19-15(20)21-8-3/h12-13H,6-11H2,1-5H3,(H,19,20)(H2,16,17,18). The normalized spacial score (nSPS) is 13.0. The number of hydrogen-bond acceptors (Lipinski definition) is 3. The van der Waals surface area contributed by atoms with Crippen LogP contribution in [0.4, 0.5) is 4.79 Å². The molecule has 0 saturated carbocycles. The van der Waals surface area contributed by atoms with Gasteiger partial charge in [-0.2, -0.15) is 0 Å². The highest BCUT2D eigenvalue weighted by Gasteiger charge is 2.14. The van der Waals surface area contributed by atoms with Crippen LogP contribution < -0.4 is 16.0 Å². The van der Waals surface area contributed by atoms with Crippen molar-refractivity contribution < 1.29 is 9.53 Å². The second-order valence-corrected chi connectivity index (χ2v) is 5.34. The van der Waals surface area contributed by atoms with Gasteiger partial charge in [-0.25, -0.2) is 4.79 Å². The van der Waals surface area contributed by atoms with Crippen LogP contribution >= 0.6 is 0 Å². The molecule has 0 aromatic rings. The van der Waals surface area contributed by atoms with Gasteiger partial charge in [0.1, 0.15) is 0 Å². The second kappa shape index (κ2) is 12.3. The number of amides is 1. The van der Waals surface area contributed by atoms with Crippen LogP contribution in [0.3, 0.4) is 0 Å². The highest BCUT2D eigenvalue weighted by Crippen LogP contribution is 2.05. The van der Waals surface area contributed by atoms with E-state index in [2.05, 4.69) is 41.7 Å². The number of nitrogens with zero attached hydrogens (tertiary/aromatic N) is 1. The molecule has 3 N–H and O–H groups in total. The molecule has 124 valence electrons. The SMILES string of the molecule is CCCNC(=NCC(CC(C)C)NC(=O)OCC)NCC. The zero-order chi connectivity index (χ0) is 16.1. The average molecular weight is 300 g/mol. The number of carbonyl (C=O) groups is 1. The van der Waals surface area contributed by atoms with E-state index in [1.54, 1.807) is 6.92 Å². The van der Waals surface area contributed by atoms with Crippen molar-refractivity contribution in [1.29, 1.82) is 0 Å². The molecule has 1 amide bonds. The molecule has 0 heterocycles. The van der Waals surface area contributed by atoms with E-state index in [0.717, 1.165) is 31.9 Å². The van der Waals surface area contributed by atoms with Gasteiger partial charge in [-0.15, -0.1) is 0 Å². The molecule has 0 saturated heterocycles. The van der Waals surface area contributed by atoms with Gasteiger partial charge in [0.15, 0.2) is 5.96 Å². The maximum Gasteiger partial charge on any atom is 0.407 e. The van der Waals surface area contributed by atoms with Gasteiger partial charge < -0.3 is 20.7 Å². The van der Waals surface area contributed by atoms with Crippen molar-refractivity contribution in [3.05, 3.63) is 0 Å². The maximum absolute atomic E-state index is 11.6. The summed E-state index contributed by atoms with van der Waals surface area (Å²) in [6.07, 6.45) is 1.54. The molecule has 6 nitrogen and oxygen atoms in total. The monoisotopic (exact) mass is 300 g/mol. The number of alkyl carbamates (subject to hydrolysis) is 1. The van der Waals surface area contributed by atoms with Crippen molar-refractivity contribution in [2.45, 2.75) is 53.5 Å². The van der Waals surface area contributed by atoms with Crippen molar-refractivity contribution in [1.82, 2.24) is 16.0 Å². The third kappa shape index (κ3) is 10.9. The number of aliphatic imine (C=N–C) groups is 1. The summed E-state index contributed by atoms with van der Waals surface area (Å²) in [5, 5.41) is 9.33. The maximum atomic E-state index is 11.6. The first-order valence-electron chi connectivity index (χ1n) is 7.98. The van der Waals surface area contributed by atoms with E-state index in [0.29, 0.717) is 19.1 Å². The van der Waals surface area contributed by atoms with E-state index >= 15 is 0 Å². The molecule has 1 unspecified atom stereocenters. The Balaban J connectivity index is 4.55. The van der Waals surface area contributed by atoms with Crippen molar-refractivity contribution >= 4 is 12.1 Å². The van der Waals surface area contributed by atoms with Gasteiger partial charge in [0.05, 0.1) is 19.2 Å². The number of ether oxygens (including phenoxy) is 1. The Morgan fingerprint density at radius 1 is 1.19 bits per heavy atom. The van der Waals surface area contributed by atoms with E-state index in [9.17, 15) is 4.79 Å². The summed E-state index contributed by atoms with van der Waals surface area (Å²) in [5.74, 6) is 1.28. The van der Waals surface area contributed by atoms with Gasteiger partial charge in [-0.3, -0.25) is 4.99 Å². The van der Waals surface area contributed by atoms with Gasteiger partial charge in [-0.05, 0) is 32.6 Å². The second-order valence-electron chi connectivity index (χ2n) is 5.34. The highest BCUT2D eigenvalue weighted by atomic mass is 16.5. The number of hydrogen-bond donors (Lipinski definition) is 3. The Hall–Kier alpha value is -1.46. The topological polar surface area (TPSA) is 74.8 Å². The lowest BCUT2D eigenvalue weighted by Gasteiger charge is -2.19. The number of rotatable bonds is 9. The first-order chi connectivity index (χ1) is 10.0. The van der Waals surface area contributed by atoms with Crippen molar-refractivity contribution in [2.24, 2.45) is 10.9 Å². The van der Waals surface area contributed by atoms with Gasteiger partial charge >= 0.3 is 6.09 Å². The van der Waals surface area contributed by atoms with Crippen LogP contribution in [-0.4, -0.2) is 44.3 Å². The summed E-state index contributed by atoms with van der Waals surface area (Å²) in [6.45, 7) is 12.8. The smallest absolute Gasteiger partial charge is 0.407 e. The lowest BCUT2D eigenvalue weighted by molar-refractivity contribution is 0.147. The highest BCUT2D eigenvalue weighted by molar-refractivity contribution is 5.79. The van der Waals surface area contributed by atoms with E-state index in [1.807, 2.05) is 6.92 Å². The minimum absolute atomic E-state index is 0.0128. The van der Waals surface area contributed by atoms with Crippen LogP contribution in [-0.2, 0) is 4.74 Å². The van der Waals surface area contributed by atoms with Crippen LogP contribution in [0.15, 0.2) is 4.99 Å². The predicted octanol–water partition coefficient (Wildman–Crippen LogP) is 2.11. The molecule has 21 heavy (non-hydrogen) atoms. The molecule has 0 aliphatic rings. The molecular formula is C15H32N4O2. The first kappa shape index (κ1) is 19.5. The molecule has 0 aliphatic carbocycles. The largest absolute Gasteiger partial charge is 0.450 e. The fraction of sp³-hybridized carbons (Fsp3) is 0.867. The molecule has 0 bridgehead atoms. The first-order valence-corrected chi connectivity index (χ1v) is 7.98. The summed E-state index contributed by atoms with van der Waals surface area (Å²) in [7, 11) is 0. The van der Waals surface area contributed by atoms with Crippen LogP contribution in [0, 0.1) is 5.92 Å². The zero-order valence-corrected chi connectivity index (χ0v) is 14.2. The molecule has 0 aromatic carbocycles. The fourth-order valence-electron chi connectivity index (χ4n) is 1.87. The molecule has 1 atom stereocenters. The van der Waals surface area contributed by atoms with E-state index in [1.165, 1.54) is 0 Å². The van der Waals surface area contributed by atoms with Gasteiger partial charge in [0, 0.05) is 13.1 Å². The van der Waals surface area contributed by atoms with Crippen LogP contribution in [0.2, 0.25) is 0 Å². The molecule has 0 fully saturated rings. The number of nitrogens with one attached hydrogen (secondary N) is 3. The van der Waals surface area contributed by atoms with Gasteiger partial charge in [0.25, 0.3) is 0 Å². The molecule has 0 aliphatic heterocycles. The Morgan fingerprint density at radius 3 is 2.43 bits per heavy atom. The summed E-state index contributed by atoms with van der Waals surface area (Å²) in [4.78, 5) is 16.1. The molecule has 0 rings (SSSR count). The molecule has 0 radical (unpaired) electrons. The minimum Gasteiger partial charge on any atom is -0.450 e. The quantitative estimate of drug-likeness (QED) is 0.450. The zero-order valence-electron chi connectivity index (χ0n) is 14.2. The van der Waals surface area contributed by atoms with Gasteiger partial charge in [-0.1, -0.05) is 20.8 Å². The van der Waals surface area contributed by atoms with E-state index < -0.39 is 0 Å². The van der Waals surface area contributed by atoms with Crippen molar-refractivity contribution in [2.75, 3.05) is 26.2 Å². The third-order valence-electron chi connectivity index (χ3n) is 2.71. The fourth-order valence-corrected chi connectivity index (χ4v) is 1.87. The third-order valence-corrected chi connectivity index (χ3v) is 2.71. The Labute approximate surface area is 129 Å². The summed E-state index contributed by atoms with van der Waals surface area (Å²) in [5.41, 5.74) is 0. The summed E-state index contributed by atoms with van der Waals surface area (Å²) >= 11 is 0. The Kier molecular flexibility index (Phi) is 11.4. The van der Waals surface area contributed by atoms with Crippen LogP contribution in [0.25, 0.3) is 0 Å². The van der Waals surface area contributed by atoms with Crippen LogP contribution in [0.5, 0.6) is 0 Å². The van der Waals surface area contributed by atoms with Gasteiger partial charge in [0.2, 0.25) is 0 Å². The van der Waals surface area contributed by atoms with Crippen molar-refractivity contribution in [3.8, 4) is 0 Å². The van der Waals surface area contributed by atoms with Crippen LogP contribution in [0.1, 0.15) is 47.5 Å². The molecule has 0 spiro atoms. The number of guanidine groups is 1. The average Bonchev–Trinajstić information content (AvgIpc) is 2.41. The Bertz CT molecular complexity index is 306. The van der Waals surface area contributed by atoms with Crippen molar-refractivity contribution in [3.63, 3.8) is 0 Å². The predicted molar refractivity (Wildman–Crippen MR) is 87.7 cm³/mol. The summed E-state index contributed by atoms with van der Waals surface area (Å²) in [6, 6.07) is -0.0128. The molecular weight excluding hydrogens is 268 g/mol. The van der Waals surface area contributed by atoms with E-state index in [-0.39, 0.29) is 12.1 Å². The Morgan fingerprint density at radius 2 is 1.90 bits per heavy atom.